The van der Waals surface area contributed by atoms with Crippen LogP contribution in [-0.4, -0.2) is 55.2 Å². The fourth-order valence-electron chi connectivity index (χ4n) is 4.58. The zero-order valence-electron chi connectivity index (χ0n) is 20.4. The molecule has 3 rings (SSSR count). The molecule has 35 heavy (non-hydrogen) atoms. The zero-order valence-corrected chi connectivity index (χ0v) is 21.2. The minimum Gasteiger partial charge on any atom is -0.324 e. The lowest BCUT2D eigenvalue weighted by Gasteiger charge is -2.39. The van der Waals surface area contributed by atoms with E-state index in [4.69, 9.17) is 0 Å². The van der Waals surface area contributed by atoms with E-state index in [0.29, 0.717) is 32.0 Å². The fraction of sp³-hybridized carbons (Fsp3) is 0.480. The highest BCUT2D eigenvalue weighted by molar-refractivity contribution is 7.89. The Balaban J connectivity index is 1.68. The van der Waals surface area contributed by atoms with Gasteiger partial charge in [-0.1, -0.05) is 24.3 Å². The number of aryl methyl sites for hydroxylation is 2. The molecule has 0 radical (unpaired) electrons. The van der Waals surface area contributed by atoms with Crippen molar-refractivity contribution in [2.24, 2.45) is 0 Å². The maximum Gasteiger partial charge on any atom is 0.416 e. The smallest absolute Gasteiger partial charge is 0.324 e. The van der Waals surface area contributed by atoms with Crippen LogP contribution in [0.2, 0.25) is 0 Å². The Kier molecular flexibility index (Phi) is 8.28. The molecule has 1 aliphatic rings. The molecule has 10 heteroatoms. The Hall–Kier alpha value is -2.43. The molecule has 0 saturated carbocycles. The summed E-state index contributed by atoms with van der Waals surface area (Å²) in [4.78, 5) is 14.2. The second-order valence-electron chi connectivity index (χ2n) is 9.28. The van der Waals surface area contributed by atoms with Crippen LogP contribution < -0.4 is 5.32 Å². The summed E-state index contributed by atoms with van der Waals surface area (Å²) in [5.74, 6) is -0.141. The van der Waals surface area contributed by atoms with Crippen molar-refractivity contribution in [3.05, 3.63) is 59.2 Å². The number of piperidine rings is 1. The first kappa shape index (κ1) is 27.2. The molecule has 1 N–H and O–H groups in total. The van der Waals surface area contributed by atoms with Crippen LogP contribution in [0, 0.1) is 13.8 Å². The van der Waals surface area contributed by atoms with E-state index in [2.05, 4.69) is 5.32 Å². The molecule has 2 aromatic carbocycles. The number of alkyl halides is 3. The number of nitrogens with zero attached hydrogens (tertiary/aromatic N) is 2. The molecular formula is C25H32F3N3O3S. The van der Waals surface area contributed by atoms with E-state index in [1.54, 1.807) is 13.8 Å². The van der Waals surface area contributed by atoms with Crippen LogP contribution >= 0.6 is 0 Å². The van der Waals surface area contributed by atoms with E-state index >= 15 is 0 Å². The Morgan fingerprint density at radius 2 is 1.66 bits per heavy atom. The minimum absolute atomic E-state index is 0.141. The van der Waals surface area contributed by atoms with Gasteiger partial charge < -0.3 is 5.32 Å². The molecule has 1 aliphatic heterocycles. The van der Waals surface area contributed by atoms with Crippen molar-refractivity contribution in [2.75, 3.05) is 25.0 Å². The van der Waals surface area contributed by atoms with Gasteiger partial charge in [0.05, 0.1) is 17.0 Å². The molecule has 1 heterocycles. The predicted molar refractivity (Wildman–Crippen MR) is 130 cm³/mol. The van der Waals surface area contributed by atoms with Gasteiger partial charge in [0.1, 0.15) is 0 Å². The molecule has 0 atom stereocenters. The minimum atomic E-state index is -4.63. The lowest BCUT2D eigenvalue weighted by Crippen LogP contribution is -2.51. The van der Waals surface area contributed by atoms with Crippen LogP contribution in [-0.2, 0) is 21.0 Å². The van der Waals surface area contributed by atoms with Crippen LogP contribution in [0.15, 0.2) is 47.4 Å². The highest BCUT2D eigenvalue weighted by Gasteiger charge is 2.38. The van der Waals surface area contributed by atoms with Crippen molar-refractivity contribution in [1.29, 1.82) is 0 Å². The predicted octanol–water partition coefficient (Wildman–Crippen LogP) is 4.82. The number of halogens is 3. The van der Waals surface area contributed by atoms with Gasteiger partial charge in [-0.05, 0) is 69.9 Å². The maximum atomic E-state index is 13.4. The molecule has 6 nitrogen and oxygen atoms in total. The Morgan fingerprint density at radius 1 is 1.09 bits per heavy atom. The van der Waals surface area contributed by atoms with E-state index < -0.39 is 27.8 Å². The Bertz CT molecular complexity index is 1140. The van der Waals surface area contributed by atoms with Crippen LogP contribution in [0.1, 0.15) is 43.4 Å². The average molecular weight is 512 g/mol. The number of carbonyl (C=O) groups excluding carboxylic acids is 1. The molecule has 2 aromatic rings. The van der Waals surface area contributed by atoms with Gasteiger partial charge in [-0.3, -0.25) is 9.69 Å². The van der Waals surface area contributed by atoms with Gasteiger partial charge >= 0.3 is 6.18 Å². The summed E-state index contributed by atoms with van der Waals surface area (Å²) in [5, 5.41) is 2.96. The summed E-state index contributed by atoms with van der Waals surface area (Å²) in [6.07, 6.45) is -3.67. The number of hydrogen-bond donors (Lipinski definition) is 1. The van der Waals surface area contributed by atoms with Gasteiger partial charge in [0, 0.05) is 30.9 Å². The number of hydrogen-bond acceptors (Lipinski definition) is 4. The van der Waals surface area contributed by atoms with Crippen LogP contribution in [0.3, 0.4) is 0 Å². The molecule has 0 unspecified atom stereocenters. The van der Waals surface area contributed by atoms with Gasteiger partial charge in [0.15, 0.2) is 0 Å². The van der Waals surface area contributed by atoms with E-state index in [1.165, 1.54) is 10.4 Å². The largest absolute Gasteiger partial charge is 0.416 e. The number of benzene rings is 2. The molecule has 192 valence electrons. The first-order chi connectivity index (χ1) is 16.3. The third-order valence-electron chi connectivity index (χ3n) is 6.28. The molecular weight excluding hydrogens is 479 g/mol. The normalized spacial score (nSPS) is 16.1. The summed E-state index contributed by atoms with van der Waals surface area (Å²) >= 11 is 0. The average Bonchev–Trinajstić information content (AvgIpc) is 2.77. The number of sulfonamides is 1. The second kappa shape index (κ2) is 10.7. The number of amides is 1. The molecule has 1 saturated heterocycles. The molecule has 0 aromatic heterocycles. The van der Waals surface area contributed by atoms with Crippen molar-refractivity contribution in [2.45, 2.75) is 63.7 Å². The molecule has 0 bridgehead atoms. The zero-order chi connectivity index (χ0) is 26.0. The molecule has 1 fully saturated rings. The van der Waals surface area contributed by atoms with Gasteiger partial charge in [-0.25, -0.2) is 8.42 Å². The van der Waals surface area contributed by atoms with Crippen molar-refractivity contribution in [1.82, 2.24) is 9.21 Å². The summed E-state index contributed by atoms with van der Waals surface area (Å²) in [7, 11) is -4.14. The first-order valence-electron chi connectivity index (χ1n) is 11.6. The van der Waals surface area contributed by atoms with Gasteiger partial charge in [0.25, 0.3) is 0 Å². The summed E-state index contributed by atoms with van der Waals surface area (Å²) in [6, 6.07) is 8.86. The third-order valence-corrected chi connectivity index (χ3v) is 8.40. The topological polar surface area (TPSA) is 69.7 Å². The van der Waals surface area contributed by atoms with Gasteiger partial charge in [0.2, 0.25) is 15.9 Å². The van der Waals surface area contributed by atoms with Gasteiger partial charge in [-0.15, -0.1) is 0 Å². The van der Waals surface area contributed by atoms with Crippen LogP contribution in [0.25, 0.3) is 0 Å². The fourth-order valence-corrected chi connectivity index (χ4v) is 6.50. The number of likely N-dealkylation sites (tertiary alicyclic amines) is 1. The summed E-state index contributed by atoms with van der Waals surface area (Å²) in [5.41, 5.74) is 1.76. The third kappa shape index (κ3) is 6.42. The van der Waals surface area contributed by atoms with E-state index in [9.17, 15) is 26.4 Å². The van der Waals surface area contributed by atoms with Crippen molar-refractivity contribution >= 4 is 21.6 Å². The highest BCUT2D eigenvalue weighted by atomic mass is 32.2. The van der Waals surface area contributed by atoms with Crippen LogP contribution in [0.5, 0.6) is 0 Å². The van der Waals surface area contributed by atoms with Gasteiger partial charge in [-0.2, -0.15) is 17.5 Å². The maximum absolute atomic E-state index is 13.4. The van der Waals surface area contributed by atoms with Crippen molar-refractivity contribution in [3.8, 4) is 0 Å². The number of rotatable bonds is 7. The SMILES string of the molecule is Cc1cccc(C)c1NC(=O)CN1CCC(N(C(C)C)S(=O)(=O)c2cccc(C(F)(F)F)c2)CC1. The van der Waals surface area contributed by atoms with E-state index in [-0.39, 0.29) is 23.4 Å². The summed E-state index contributed by atoms with van der Waals surface area (Å²) in [6.45, 7) is 8.49. The van der Waals surface area contributed by atoms with E-state index in [0.717, 1.165) is 28.9 Å². The highest BCUT2D eigenvalue weighted by Crippen LogP contribution is 2.33. The molecule has 1 amide bonds. The standard InChI is InChI=1S/C25H32F3N3O3S/c1-17(2)31(35(33,34)22-10-6-9-20(15-22)25(26,27)28)21-11-13-30(14-12-21)16-23(32)29-24-18(3)7-5-8-19(24)4/h5-10,15,17,21H,11-14,16H2,1-4H3,(H,29,32). The monoisotopic (exact) mass is 511 g/mol. The number of para-hydroxylation sites is 1. The Morgan fingerprint density at radius 3 is 2.20 bits per heavy atom. The van der Waals surface area contributed by atoms with Crippen LogP contribution in [0.4, 0.5) is 18.9 Å². The van der Waals surface area contributed by atoms with E-state index in [1.807, 2.05) is 36.9 Å². The second-order valence-corrected chi connectivity index (χ2v) is 11.1. The van der Waals surface area contributed by atoms with Crippen molar-refractivity contribution < 1.29 is 26.4 Å². The van der Waals surface area contributed by atoms with Crippen molar-refractivity contribution in [3.63, 3.8) is 0 Å². The Labute approximate surface area is 205 Å². The number of anilines is 1. The lowest BCUT2D eigenvalue weighted by atomic mass is 10.0. The number of carbonyl (C=O) groups is 1. The quantitative estimate of drug-likeness (QED) is 0.579. The first-order valence-corrected chi connectivity index (χ1v) is 13.0. The lowest BCUT2D eigenvalue weighted by molar-refractivity contribution is -0.137. The molecule has 0 aliphatic carbocycles. The number of nitrogens with one attached hydrogen (secondary N) is 1. The summed E-state index contributed by atoms with van der Waals surface area (Å²) < 4.78 is 67.5. The molecule has 0 spiro atoms.